The average molecular weight is 321 g/mol. The minimum atomic E-state index is -4.20. The van der Waals surface area contributed by atoms with E-state index in [1.807, 2.05) is 0 Å². The predicted molar refractivity (Wildman–Crippen MR) is 55.6 cm³/mol. The number of hydrogen-bond donors (Lipinski definition) is 0. The van der Waals surface area contributed by atoms with Crippen molar-refractivity contribution in [1.82, 2.24) is 0 Å². The van der Waals surface area contributed by atoms with Crippen LogP contribution in [0.5, 0.6) is 5.75 Å². The minimum absolute atomic E-state index is 0.0689. The Hall–Kier alpha value is -0.490. The second kappa shape index (κ2) is 5.23. The predicted octanol–water partition coefficient (Wildman–Crippen LogP) is 4.38. The number of alkyl halides is 4. The highest BCUT2D eigenvalue weighted by Crippen LogP contribution is 2.34. The first kappa shape index (κ1) is 13.6. The van der Waals surface area contributed by atoms with E-state index >= 15 is 0 Å². The summed E-state index contributed by atoms with van der Waals surface area (Å²) in [5, 5.41) is 0.0689. The fourth-order valence-corrected chi connectivity index (χ4v) is 1.68. The lowest BCUT2D eigenvalue weighted by Gasteiger charge is -2.17. The van der Waals surface area contributed by atoms with Gasteiger partial charge in [-0.05, 0) is 28.1 Å². The van der Waals surface area contributed by atoms with Gasteiger partial charge in [0.05, 0.1) is 9.50 Å². The van der Waals surface area contributed by atoms with Gasteiger partial charge in [0.1, 0.15) is 0 Å². The van der Waals surface area contributed by atoms with E-state index in [9.17, 15) is 17.6 Å². The van der Waals surface area contributed by atoms with Gasteiger partial charge >= 0.3 is 12.3 Å². The molecule has 0 bridgehead atoms. The van der Waals surface area contributed by atoms with Crippen LogP contribution in [0.25, 0.3) is 0 Å². The number of ether oxygens (including phenoxy) is 1. The Morgan fingerprint density at radius 2 is 2.00 bits per heavy atom. The molecule has 1 nitrogen and oxygen atoms in total. The highest BCUT2D eigenvalue weighted by atomic mass is 79.9. The van der Waals surface area contributed by atoms with Crippen LogP contribution >= 0.6 is 27.5 Å². The summed E-state index contributed by atoms with van der Waals surface area (Å²) < 4.78 is 53.7. The molecular weight excluding hydrogens is 315 g/mol. The molecule has 0 aromatic heterocycles. The Morgan fingerprint density at radius 1 is 1.38 bits per heavy atom. The van der Waals surface area contributed by atoms with Crippen LogP contribution in [0.2, 0.25) is 5.02 Å². The summed E-state index contributed by atoms with van der Waals surface area (Å²) in [4.78, 5) is 0. The lowest BCUT2D eigenvalue weighted by atomic mass is 10.3. The summed E-state index contributed by atoms with van der Waals surface area (Å²) in [5.74, 6) is -4.27. The number of benzene rings is 1. The van der Waals surface area contributed by atoms with Gasteiger partial charge in [0.2, 0.25) is 0 Å². The lowest BCUT2D eigenvalue weighted by Crippen LogP contribution is -2.33. The van der Waals surface area contributed by atoms with Crippen LogP contribution in [0.4, 0.5) is 17.6 Å². The smallest absolute Gasteiger partial charge is 0.340 e. The molecule has 0 aliphatic heterocycles. The van der Waals surface area contributed by atoms with Crippen molar-refractivity contribution in [3.63, 3.8) is 0 Å². The van der Waals surface area contributed by atoms with Crippen LogP contribution in [0, 0.1) is 0 Å². The summed E-state index contributed by atoms with van der Waals surface area (Å²) in [5.41, 5.74) is 0. The van der Waals surface area contributed by atoms with Crippen molar-refractivity contribution >= 4 is 27.5 Å². The topological polar surface area (TPSA) is 9.23 Å². The number of halogens is 6. The van der Waals surface area contributed by atoms with Crippen molar-refractivity contribution in [1.29, 1.82) is 0 Å². The Morgan fingerprint density at radius 3 is 2.50 bits per heavy atom. The molecule has 0 atom stereocenters. The summed E-state index contributed by atoms with van der Waals surface area (Å²) in [6.07, 6.45) is -3.77. The molecule has 0 aliphatic carbocycles. The maximum absolute atomic E-state index is 12.6. The van der Waals surface area contributed by atoms with Gasteiger partial charge in [-0.1, -0.05) is 17.7 Å². The number of para-hydroxylation sites is 1. The SMILES string of the molecule is FC(F)C(F)(F)COc1c(Cl)cccc1Br. The number of hydrogen-bond acceptors (Lipinski definition) is 1. The molecule has 1 rings (SSSR count). The van der Waals surface area contributed by atoms with Crippen molar-refractivity contribution in [3.8, 4) is 5.75 Å². The van der Waals surface area contributed by atoms with Gasteiger partial charge in [-0.15, -0.1) is 0 Å². The molecule has 0 spiro atoms. The van der Waals surface area contributed by atoms with Crippen LogP contribution in [0.1, 0.15) is 0 Å². The van der Waals surface area contributed by atoms with E-state index in [-0.39, 0.29) is 10.8 Å². The molecule has 0 unspecified atom stereocenters. The first-order chi connectivity index (χ1) is 7.34. The van der Waals surface area contributed by atoms with Gasteiger partial charge in [-0.2, -0.15) is 8.78 Å². The Kier molecular flexibility index (Phi) is 4.43. The highest BCUT2D eigenvalue weighted by Gasteiger charge is 2.42. The third-order valence-corrected chi connectivity index (χ3v) is 2.57. The van der Waals surface area contributed by atoms with Crippen molar-refractivity contribution in [3.05, 3.63) is 27.7 Å². The quantitative estimate of drug-likeness (QED) is 0.748. The third-order valence-electron chi connectivity index (χ3n) is 1.65. The van der Waals surface area contributed by atoms with Gasteiger partial charge in [0.15, 0.2) is 12.4 Å². The lowest BCUT2D eigenvalue weighted by molar-refractivity contribution is -0.148. The van der Waals surface area contributed by atoms with Gasteiger partial charge in [0.25, 0.3) is 0 Å². The van der Waals surface area contributed by atoms with Crippen LogP contribution in [-0.2, 0) is 0 Å². The maximum atomic E-state index is 12.6. The molecule has 0 heterocycles. The molecule has 16 heavy (non-hydrogen) atoms. The standard InChI is InChI=1S/C9H6BrClF4O/c10-5-2-1-3-6(11)7(5)16-4-9(14,15)8(12)13/h1-3,8H,4H2. The van der Waals surface area contributed by atoms with Crippen molar-refractivity contribution in [2.45, 2.75) is 12.3 Å². The molecule has 0 fully saturated rings. The zero-order valence-corrected chi connectivity index (χ0v) is 10.0. The minimum Gasteiger partial charge on any atom is -0.484 e. The third kappa shape index (κ3) is 3.25. The Balaban J connectivity index is 2.75. The molecule has 0 radical (unpaired) electrons. The van der Waals surface area contributed by atoms with Gasteiger partial charge in [0, 0.05) is 0 Å². The van der Waals surface area contributed by atoms with Gasteiger partial charge in [-0.3, -0.25) is 0 Å². The maximum Gasteiger partial charge on any atom is 0.340 e. The van der Waals surface area contributed by atoms with Crippen LogP contribution < -0.4 is 4.74 Å². The molecule has 0 saturated carbocycles. The van der Waals surface area contributed by atoms with E-state index in [4.69, 9.17) is 11.6 Å². The first-order valence-corrected chi connectivity index (χ1v) is 5.24. The second-order valence-electron chi connectivity index (χ2n) is 2.90. The van der Waals surface area contributed by atoms with E-state index in [0.717, 1.165) is 0 Å². The Labute approximate surface area is 102 Å². The monoisotopic (exact) mass is 320 g/mol. The second-order valence-corrected chi connectivity index (χ2v) is 4.16. The molecule has 0 N–H and O–H groups in total. The summed E-state index contributed by atoms with van der Waals surface area (Å²) in [6, 6.07) is 4.47. The largest absolute Gasteiger partial charge is 0.484 e. The fraction of sp³-hybridized carbons (Fsp3) is 0.333. The first-order valence-electron chi connectivity index (χ1n) is 4.07. The molecule has 0 amide bonds. The Bertz CT molecular complexity index is 352. The van der Waals surface area contributed by atoms with Gasteiger partial charge < -0.3 is 4.74 Å². The van der Waals surface area contributed by atoms with Crippen molar-refractivity contribution in [2.24, 2.45) is 0 Å². The van der Waals surface area contributed by atoms with Crippen LogP contribution in [0.15, 0.2) is 22.7 Å². The van der Waals surface area contributed by atoms with E-state index in [0.29, 0.717) is 4.47 Å². The van der Waals surface area contributed by atoms with Crippen molar-refractivity contribution < 1.29 is 22.3 Å². The van der Waals surface area contributed by atoms with E-state index in [2.05, 4.69) is 20.7 Å². The zero-order valence-electron chi connectivity index (χ0n) is 7.69. The molecule has 1 aromatic carbocycles. The fourth-order valence-electron chi connectivity index (χ4n) is 0.852. The summed E-state index contributed by atoms with van der Waals surface area (Å²) in [6.45, 7) is -1.42. The zero-order chi connectivity index (χ0) is 12.3. The van der Waals surface area contributed by atoms with E-state index in [1.165, 1.54) is 12.1 Å². The highest BCUT2D eigenvalue weighted by molar-refractivity contribution is 9.10. The van der Waals surface area contributed by atoms with Crippen LogP contribution in [0.3, 0.4) is 0 Å². The van der Waals surface area contributed by atoms with E-state index < -0.39 is 19.0 Å². The molecular formula is C9H6BrClF4O. The van der Waals surface area contributed by atoms with Crippen molar-refractivity contribution in [2.75, 3.05) is 6.61 Å². The van der Waals surface area contributed by atoms with Crippen LogP contribution in [-0.4, -0.2) is 19.0 Å². The molecule has 0 aliphatic rings. The molecule has 90 valence electrons. The molecule has 1 aromatic rings. The number of rotatable bonds is 4. The summed E-state index contributed by atoms with van der Waals surface area (Å²) in [7, 11) is 0. The van der Waals surface area contributed by atoms with Gasteiger partial charge in [-0.25, -0.2) is 8.78 Å². The summed E-state index contributed by atoms with van der Waals surface area (Å²) >= 11 is 8.66. The normalized spacial score (nSPS) is 11.9. The average Bonchev–Trinajstić information content (AvgIpc) is 2.16. The molecule has 7 heteroatoms. The van der Waals surface area contributed by atoms with E-state index in [1.54, 1.807) is 6.07 Å². The molecule has 0 saturated heterocycles.